The Morgan fingerprint density at radius 3 is 2.30 bits per heavy atom. The highest BCUT2D eigenvalue weighted by Gasteiger charge is 2.41. The van der Waals surface area contributed by atoms with Crippen LogP contribution in [-0.4, -0.2) is 23.1 Å². The van der Waals surface area contributed by atoms with Gasteiger partial charge in [0.05, 0.1) is 0 Å². The Morgan fingerprint density at radius 1 is 1.15 bits per heavy atom. The summed E-state index contributed by atoms with van der Waals surface area (Å²) < 4.78 is 0. The largest absolute Gasteiger partial charge is 0.370 e. The minimum atomic E-state index is 0.347. The van der Waals surface area contributed by atoms with Gasteiger partial charge in [-0.3, -0.25) is 0 Å². The summed E-state index contributed by atoms with van der Waals surface area (Å²) in [6.07, 6.45) is 5.31. The Bertz CT molecular complexity index is 438. The van der Waals surface area contributed by atoms with Gasteiger partial charge in [-0.05, 0) is 31.6 Å². The molecule has 20 heavy (non-hydrogen) atoms. The van der Waals surface area contributed by atoms with E-state index in [-0.39, 0.29) is 0 Å². The molecule has 112 valence electrons. The minimum absolute atomic E-state index is 0.347. The van der Waals surface area contributed by atoms with Crippen LogP contribution in [0.3, 0.4) is 0 Å². The molecule has 1 aromatic heterocycles. The van der Waals surface area contributed by atoms with Gasteiger partial charge in [-0.15, -0.1) is 0 Å². The Morgan fingerprint density at radius 2 is 1.80 bits per heavy atom. The molecule has 0 amide bonds. The van der Waals surface area contributed by atoms with Crippen molar-refractivity contribution in [1.82, 2.24) is 9.97 Å². The monoisotopic (exact) mass is 276 g/mol. The third-order valence-electron chi connectivity index (χ3n) is 4.00. The zero-order valence-corrected chi connectivity index (χ0v) is 13.3. The van der Waals surface area contributed by atoms with E-state index in [1.165, 1.54) is 25.7 Å². The average molecular weight is 276 g/mol. The van der Waals surface area contributed by atoms with Crippen molar-refractivity contribution in [3.63, 3.8) is 0 Å². The highest BCUT2D eigenvalue weighted by Crippen LogP contribution is 2.49. The molecule has 0 saturated heterocycles. The fraction of sp³-hybridized carbons (Fsp3) is 0.750. The second kappa shape index (κ2) is 6.42. The lowest BCUT2D eigenvalue weighted by Gasteiger charge is -2.17. The Labute approximate surface area is 122 Å². The molecule has 1 heterocycles. The summed E-state index contributed by atoms with van der Waals surface area (Å²) in [6, 6.07) is 2.03. The third kappa shape index (κ3) is 3.84. The van der Waals surface area contributed by atoms with E-state index in [0.29, 0.717) is 11.3 Å². The van der Waals surface area contributed by atoms with Crippen molar-refractivity contribution < 1.29 is 0 Å². The maximum atomic E-state index is 4.64. The molecule has 1 saturated carbocycles. The number of nitrogens with one attached hydrogen (secondary N) is 2. The van der Waals surface area contributed by atoms with E-state index in [4.69, 9.17) is 0 Å². The number of rotatable bonds is 8. The molecular weight excluding hydrogens is 248 g/mol. The van der Waals surface area contributed by atoms with E-state index < -0.39 is 0 Å². The van der Waals surface area contributed by atoms with Crippen LogP contribution in [0.4, 0.5) is 11.6 Å². The van der Waals surface area contributed by atoms with Gasteiger partial charge in [0.2, 0.25) is 0 Å². The smallest absolute Gasteiger partial charge is 0.135 e. The lowest BCUT2D eigenvalue weighted by molar-refractivity contribution is 0.485. The molecule has 0 unspecified atom stereocenters. The number of anilines is 2. The van der Waals surface area contributed by atoms with Crippen molar-refractivity contribution in [2.75, 3.05) is 23.7 Å². The van der Waals surface area contributed by atoms with Crippen LogP contribution in [0.25, 0.3) is 0 Å². The summed E-state index contributed by atoms with van der Waals surface area (Å²) in [5.74, 6) is 3.14. The molecule has 0 bridgehead atoms. The summed E-state index contributed by atoms with van der Waals surface area (Å²) in [5, 5.41) is 6.83. The van der Waals surface area contributed by atoms with Crippen LogP contribution in [0.1, 0.15) is 65.1 Å². The van der Waals surface area contributed by atoms with Gasteiger partial charge in [0.1, 0.15) is 17.5 Å². The second-order valence-corrected chi connectivity index (χ2v) is 6.29. The van der Waals surface area contributed by atoms with E-state index in [2.05, 4.69) is 48.3 Å². The van der Waals surface area contributed by atoms with E-state index in [9.17, 15) is 0 Å². The molecule has 2 rings (SSSR count). The molecule has 4 nitrogen and oxygen atoms in total. The molecule has 0 aliphatic heterocycles. The molecule has 0 aromatic carbocycles. The molecule has 0 atom stereocenters. The molecule has 0 radical (unpaired) electrons. The highest BCUT2D eigenvalue weighted by molar-refractivity contribution is 5.48. The van der Waals surface area contributed by atoms with E-state index in [1.807, 2.05) is 6.07 Å². The molecule has 1 aliphatic carbocycles. The van der Waals surface area contributed by atoms with E-state index >= 15 is 0 Å². The van der Waals surface area contributed by atoms with Crippen molar-refractivity contribution >= 4 is 11.6 Å². The van der Waals surface area contributed by atoms with E-state index in [0.717, 1.165) is 30.5 Å². The van der Waals surface area contributed by atoms with Gasteiger partial charge in [-0.1, -0.05) is 27.2 Å². The molecule has 1 aliphatic rings. The summed E-state index contributed by atoms with van der Waals surface area (Å²) in [5.41, 5.74) is 0.538. The number of nitrogens with zero attached hydrogens (tertiary/aromatic N) is 2. The number of hydrogen-bond acceptors (Lipinski definition) is 4. The topological polar surface area (TPSA) is 49.8 Å². The van der Waals surface area contributed by atoms with Gasteiger partial charge >= 0.3 is 0 Å². The van der Waals surface area contributed by atoms with Crippen LogP contribution in [0.15, 0.2) is 6.07 Å². The second-order valence-electron chi connectivity index (χ2n) is 6.29. The molecule has 4 heteroatoms. The van der Waals surface area contributed by atoms with Crippen LogP contribution >= 0.6 is 0 Å². The average Bonchev–Trinajstić information content (AvgIpc) is 3.17. The molecule has 0 spiro atoms. The summed E-state index contributed by atoms with van der Waals surface area (Å²) in [6.45, 7) is 10.5. The van der Waals surface area contributed by atoms with Crippen LogP contribution in [-0.2, 0) is 0 Å². The first-order chi connectivity index (χ1) is 9.58. The lowest BCUT2D eigenvalue weighted by Crippen LogP contribution is -2.17. The van der Waals surface area contributed by atoms with Crippen molar-refractivity contribution in [2.24, 2.45) is 5.41 Å². The Kier molecular flexibility index (Phi) is 4.84. The van der Waals surface area contributed by atoms with E-state index in [1.54, 1.807) is 0 Å². The SMILES string of the molecule is CCCC1(CNc2cc(NCC)nc(C(C)C)n2)CC1. The van der Waals surface area contributed by atoms with Crippen molar-refractivity contribution in [1.29, 1.82) is 0 Å². The summed E-state index contributed by atoms with van der Waals surface area (Å²) >= 11 is 0. The highest BCUT2D eigenvalue weighted by atomic mass is 15.1. The molecule has 1 aromatic rings. The first kappa shape index (κ1) is 15.1. The van der Waals surface area contributed by atoms with Gasteiger partial charge < -0.3 is 10.6 Å². The van der Waals surface area contributed by atoms with Crippen molar-refractivity contribution in [3.05, 3.63) is 11.9 Å². The normalized spacial score (nSPS) is 16.2. The molecule has 2 N–H and O–H groups in total. The minimum Gasteiger partial charge on any atom is -0.370 e. The quantitative estimate of drug-likeness (QED) is 0.753. The molecular formula is C16H28N4. The number of hydrogen-bond donors (Lipinski definition) is 2. The first-order valence-corrected chi connectivity index (χ1v) is 7.95. The first-order valence-electron chi connectivity index (χ1n) is 7.95. The van der Waals surface area contributed by atoms with Gasteiger partial charge in [0.15, 0.2) is 0 Å². The van der Waals surface area contributed by atoms with Crippen LogP contribution < -0.4 is 10.6 Å². The zero-order chi connectivity index (χ0) is 14.6. The molecule has 1 fully saturated rings. The van der Waals surface area contributed by atoms with Crippen LogP contribution in [0.5, 0.6) is 0 Å². The van der Waals surface area contributed by atoms with Crippen molar-refractivity contribution in [3.8, 4) is 0 Å². The fourth-order valence-electron chi connectivity index (χ4n) is 2.59. The fourth-order valence-corrected chi connectivity index (χ4v) is 2.59. The Hall–Kier alpha value is -1.32. The summed E-state index contributed by atoms with van der Waals surface area (Å²) in [4.78, 5) is 9.20. The van der Waals surface area contributed by atoms with Gasteiger partial charge in [-0.25, -0.2) is 9.97 Å². The standard InChI is InChI=1S/C16H28N4/c1-5-7-16(8-9-16)11-18-14-10-13(17-6-2)19-15(20-14)12(3)4/h10,12H,5-9,11H2,1-4H3,(H2,17,18,19,20). The maximum Gasteiger partial charge on any atom is 0.135 e. The predicted octanol–water partition coefficient (Wildman–Crippen LogP) is 4.02. The predicted molar refractivity (Wildman–Crippen MR) is 85.3 cm³/mol. The van der Waals surface area contributed by atoms with Gasteiger partial charge in [0.25, 0.3) is 0 Å². The zero-order valence-electron chi connectivity index (χ0n) is 13.3. The van der Waals surface area contributed by atoms with Gasteiger partial charge in [-0.2, -0.15) is 0 Å². The van der Waals surface area contributed by atoms with Crippen LogP contribution in [0, 0.1) is 5.41 Å². The number of aromatic nitrogens is 2. The maximum absolute atomic E-state index is 4.64. The Balaban J connectivity index is 2.06. The third-order valence-corrected chi connectivity index (χ3v) is 4.00. The van der Waals surface area contributed by atoms with Crippen LogP contribution in [0.2, 0.25) is 0 Å². The van der Waals surface area contributed by atoms with Crippen molar-refractivity contribution in [2.45, 2.75) is 59.3 Å². The van der Waals surface area contributed by atoms with Gasteiger partial charge in [0, 0.05) is 25.1 Å². The lowest BCUT2D eigenvalue weighted by atomic mass is 10.0. The summed E-state index contributed by atoms with van der Waals surface area (Å²) in [7, 11) is 0.